The van der Waals surface area contributed by atoms with Gasteiger partial charge in [-0.2, -0.15) is 5.10 Å². The van der Waals surface area contributed by atoms with Crippen molar-refractivity contribution in [1.82, 2.24) is 15.1 Å². The second kappa shape index (κ2) is 6.66. The Morgan fingerprint density at radius 2 is 2.00 bits per heavy atom. The van der Waals surface area contributed by atoms with Gasteiger partial charge in [0.15, 0.2) is 0 Å². The second-order valence-electron chi connectivity index (χ2n) is 5.10. The number of benzene rings is 1. The highest BCUT2D eigenvalue weighted by Crippen LogP contribution is 2.21. The number of halogens is 1. The molecule has 1 aromatic heterocycles. The number of hydrogen-bond acceptors (Lipinski definition) is 2. The number of aryl methyl sites for hydroxylation is 2. The molecule has 1 aromatic carbocycles. The molecule has 108 valence electrons. The molecule has 0 saturated carbocycles. The SMILES string of the molecule is CCn1nc(C)cc1CC(CNC)c1ccc(F)cc1. The monoisotopic (exact) mass is 275 g/mol. The maximum Gasteiger partial charge on any atom is 0.123 e. The van der Waals surface area contributed by atoms with Crippen LogP contribution in [0.4, 0.5) is 4.39 Å². The molecule has 0 radical (unpaired) electrons. The maximum atomic E-state index is 13.1. The Kier molecular flexibility index (Phi) is 4.90. The summed E-state index contributed by atoms with van der Waals surface area (Å²) in [4.78, 5) is 0. The van der Waals surface area contributed by atoms with Crippen LogP contribution in [0.1, 0.15) is 29.8 Å². The van der Waals surface area contributed by atoms with E-state index in [0.29, 0.717) is 5.92 Å². The van der Waals surface area contributed by atoms with Crippen molar-refractivity contribution >= 4 is 0 Å². The Morgan fingerprint density at radius 1 is 1.30 bits per heavy atom. The van der Waals surface area contributed by atoms with E-state index < -0.39 is 0 Å². The van der Waals surface area contributed by atoms with Crippen molar-refractivity contribution in [2.45, 2.75) is 32.7 Å². The number of likely N-dealkylation sites (N-methyl/N-ethyl adjacent to an activating group) is 1. The minimum absolute atomic E-state index is 0.189. The van der Waals surface area contributed by atoms with E-state index >= 15 is 0 Å². The fourth-order valence-corrected chi connectivity index (χ4v) is 2.58. The number of hydrogen-bond donors (Lipinski definition) is 1. The van der Waals surface area contributed by atoms with Gasteiger partial charge in [0.25, 0.3) is 0 Å². The first kappa shape index (κ1) is 14.7. The molecule has 4 heteroatoms. The minimum Gasteiger partial charge on any atom is -0.319 e. The zero-order valence-corrected chi connectivity index (χ0v) is 12.4. The molecule has 0 bridgehead atoms. The quantitative estimate of drug-likeness (QED) is 0.878. The molecule has 3 nitrogen and oxygen atoms in total. The summed E-state index contributed by atoms with van der Waals surface area (Å²) in [6, 6.07) is 8.93. The van der Waals surface area contributed by atoms with Gasteiger partial charge >= 0.3 is 0 Å². The molecule has 0 fully saturated rings. The Labute approximate surface area is 119 Å². The molecule has 0 aliphatic heterocycles. The highest BCUT2D eigenvalue weighted by Gasteiger charge is 2.15. The van der Waals surface area contributed by atoms with Crippen LogP contribution in [0.5, 0.6) is 0 Å². The minimum atomic E-state index is -0.189. The van der Waals surface area contributed by atoms with E-state index in [9.17, 15) is 4.39 Å². The molecule has 1 heterocycles. The van der Waals surface area contributed by atoms with Gasteiger partial charge in [0.1, 0.15) is 5.82 Å². The lowest BCUT2D eigenvalue weighted by Crippen LogP contribution is -2.20. The van der Waals surface area contributed by atoms with Crippen molar-refractivity contribution in [3.8, 4) is 0 Å². The molecule has 0 saturated heterocycles. The maximum absolute atomic E-state index is 13.1. The topological polar surface area (TPSA) is 29.9 Å². The molecule has 1 unspecified atom stereocenters. The Balaban J connectivity index is 2.22. The lowest BCUT2D eigenvalue weighted by molar-refractivity contribution is 0.561. The molecule has 0 aliphatic rings. The van der Waals surface area contributed by atoms with Crippen molar-refractivity contribution in [2.24, 2.45) is 0 Å². The summed E-state index contributed by atoms with van der Waals surface area (Å²) in [6.45, 7) is 5.85. The summed E-state index contributed by atoms with van der Waals surface area (Å²) in [6.07, 6.45) is 0.904. The van der Waals surface area contributed by atoms with E-state index in [0.717, 1.165) is 30.8 Å². The number of rotatable bonds is 6. The third-order valence-electron chi connectivity index (χ3n) is 3.53. The molecular weight excluding hydrogens is 253 g/mol. The zero-order chi connectivity index (χ0) is 14.5. The zero-order valence-electron chi connectivity index (χ0n) is 12.4. The third kappa shape index (κ3) is 3.45. The third-order valence-corrected chi connectivity index (χ3v) is 3.53. The average molecular weight is 275 g/mol. The van der Waals surface area contributed by atoms with Crippen LogP contribution in [0.3, 0.4) is 0 Å². The van der Waals surface area contributed by atoms with E-state index in [-0.39, 0.29) is 5.82 Å². The summed E-state index contributed by atoms with van der Waals surface area (Å²) in [7, 11) is 1.94. The summed E-state index contributed by atoms with van der Waals surface area (Å²) < 4.78 is 15.1. The number of aromatic nitrogens is 2. The van der Waals surface area contributed by atoms with E-state index in [4.69, 9.17) is 0 Å². The van der Waals surface area contributed by atoms with Crippen LogP contribution < -0.4 is 5.32 Å². The van der Waals surface area contributed by atoms with Gasteiger partial charge in [0.05, 0.1) is 5.69 Å². The van der Waals surface area contributed by atoms with Crippen LogP contribution in [0.2, 0.25) is 0 Å². The van der Waals surface area contributed by atoms with Gasteiger partial charge in [-0.15, -0.1) is 0 Å². The molecule has 0 amide bonds. The van der Waals surface area contributed by atoms with Crippen LogP contribution in [-0.4, -0.2) is 23.4 Å². The van der Waals surface area contributed by atoms with Gasteiger partial charge in [0.2, 0.25) is 0 Å². The smallest absolute Gasteiger partial charge is 0.123 e. The molecule has 2 rings (SSSR count). The van der Waals surface area contributed by atoms with Crippen molar-refractivity contribution in [1.29, 1.82) is 0 Å². The van der Waals surface area contributed by atoms with Gasteiger partial charge in [-0.3, -0.25) is 4.68 Å². The van der Waals surface area contributed by atoms with Crippen molar-refractivity contribution in [3.05, 3.63) is 53.1 Å². The van der Waals surface area contributed by atoms with Crippen LogP contribution in [-0.2, 0) is 13.0 Å². The average Bonchev–Trinajstić information content (AvgIpc) is 2.79. The first-order chi connectivity index (χ1) is 9.63. The highest BCUT2D eigenvalue weighted by atomic mass is 19.1. The van der Waals surface area contributed by atoms with E-state index in [1.54, 1.807) is 0 Å². The first-order valence-corrected chi connectivity index (χ1v) is 7.07. The normalized spacial score (nSPS) is 12.6. The standard InChI is InChI=1S/C16H22FN3/c1-4-20-16(9-12(2)19-20)10-14(11-18-3)13-5-7-15(17)8-6-13/h5-9,14,18H,4,10-11H2,1-3H3. The van der Waals surface area contributed by atoms with Gasteiger partial charge < -0.3 is 5.32 Å². The van der Waals surface area contributed by atoms with Crippen molar-refractivity contribution < 1.29 is 4.39 Å². The van der Waals surface area contributed by atoms with Gasteiger partial charge in [0, 0.05) is 24.7 Å². The molecule has 2 aromatic rings. The van der Waals surface area contributed by atoms with Crippen LogP contribution >= 0.6 is 0 Å². The Hall–Kier alpha value is -1.68. The first-order valence-electron chi connectivity index (χ1n) is 7.07. The molecular formula is C16H22FN3. The predicted molar refractivity (Wildman–Crippen MR) is 79.4 cm³/mol. The largest absolute Gasteiger partial charge is 0.319 e. The highest BCUT2D eigenvalue weighted by molar-refractivity contribution is 5.23. The summed E-state index contributed by atoms with van der Waals surface area (Å²) in [5.41, 5.74) is 3.43. The van der Waals surface area contributed by atoms with Crippen molar-refractivity contribution in [3.63, 3.8) is 0 Å². The number of nitrogens with zero attached hydrogens (tertiary/aromatic N) is 2. The van der Waals surface area contributed by atoms with E-state index in [2.05, 4.69) is 23.4 Å². The van der Waals surface area contributed by atoms with Crippen LogP contribution in [0.25, 0.3) is 0 Å². The molecule has 0 aliphatic carbocycles. The van der Waals surface area contributed by atoms with Gasteiger partial charge in [-0.25, -0.2) is 4.39 Å². The Morgan fingerprint density at radius 3 is 2.60 bits per heavy atom. The molecule has 1 atom stereocenters. The molecule has 20 heavy (non-hydrogen) atoms. The van der Waals surface area contributed by atoms with E-state index in [1.165, 1.54) is 17.8 Å². The van der Waals surface area contributed by atoms with E-state index in [1.807, 2.05) is 30.8 Å². The number of nitrogens with one attached hydrogen (secondary N) is 1. The lowest BCUT2D eigenvalue weighted by Gasteiger charge is -2.17. The lowest BCUT2D eigenvalue weighted by atomic mass is 9.94. The summed E-state index contributed by atoms with van der Waals surface area (Å²) in [5, 5.41) is 7.71. The summed E-state index contributed by atoms with van der Waals surface area (Å²) in [5.74, 6) is 0.133. The fraction of sp³-hybridized carbons (Fsp3) is 0.438. The fourth-order valence-electron chi connectivity index (χ4n) is 2.58. The van der Waals surface area contributed by atoms with Gasteiger partial charge in [-0.1, -0.05) is 12.1 Å². The molecule has 0 spiro atoms. The van der Waals surface area contributed by atoms with Gasteiger partial charge in [-0.05, 0) is 51.1 Å². The van der Waals surface area contributed by atoms with Crippen LogP contribution in [0, 0.1) is 12.7 Å². The van der Waals surface area contributed by atoms with Crippen LogP contribution in [0.15, 0.2) is 30.3 Å². The second-order valence-corrected chi connectivity index (χ2v) is 5.10. The predicted octanol–water partition coefficient (Wildman–Crippen LogP) is 2.90. The Bertz CT molecular complexity index is 545. The summed E-state index contributed by atoms with van der Waals surface area (Å²) >= 11 is 0. The molecule has 1 N–H and O–H groups in total. The van der Waals surface area contributed by atoms with Crippen molar-refractivity contribution in [2.75, 3.05) is 13.6 Å².